The van der Waals surface area contributed by atoms with Gasteiger partial charge in [0, 0.05) is 5.03 Å². The molecular weight excluding hydrogens is 412 g/mol. The summed E-state index contributed by atoms with van der Waals surface area (Å²) in [6.07, 6.45) is 4.65. The lowest BCUT2D eigenvalue weighted by atomic mass is 9.92. The first kappa shape index (κ1) is 19.2. The van der Waals surface area contributed by atoms with E-state index in [0.29, 0.717) is 35.4 Å². The summed E-state index contributed by atoms with van der Waals surface area (Å²) < 4.78 is 0.00240. The number of hydrogen-bond donors (Lipinski definition) is 5. The summed E-state index contributed by atoms with van der Waals surface area (Å²) in [6, 6.07) is 0. The number of allylic oxidation sites excluding steroid dienone is 4. The molecule has 8 nitrogen and oxygen atoms in total. The first-order valence-electron chi connectivity index (χ1n) is 7.80. The molecule has 0 bridgehead atoms. The minimum atomic E-state index is -0.610. The van der Waals surface area contributed by atoms with Crippen LogP contribution in [0, 0.1) is 4.77 Å². The van der Waals surface area contributed by atoms with Crippen LogP contribution in [0.3, 0.4) is 0 Å². The summed E-state index contributed by atoms with van der Waals surface area (Å²) in [5, 5.41) is 14.9. The van der Waals surface area contributed by atoms with E-state index in [1.807, 2.05) is 0 Å². The maximum atomic E-state index is 12.0. The number of thiocarbonyl (C=S) groups is 1. The highest BCUT2D eigenvalue weighted by atomic mass is 35.5. The van der Waals surface area contributed by atoms with Crippen LogP contribution in [0.25, 0.3) is 6.08 Å². The van der Waals surface area contributed by atoms with Gasteiger partial charge in [-0.15, -0.1) is 0 Å². The van der Waals surface area contributed by atoms with Crippen LogP contribution in [0.1, 0.15) is 24.8 Å². The average molecular weight is 425 g/mol. The number of amides is 2. The molecule has 27 heavy (non-hydrogen) atoms. The topological polar surface area (TPSA) is 127 Å². The number of carbonyl (C=O) groups excluding carboxylic acids is 2. The van der Waals surface area contributed by atoms with Gasteiger partial charge in [-0.05, 0) is 67.0 Å². The van der Waals surface area contributed by atoms with Crippen molar-refractivity contribution < 1.29 is 14.7 Å². The van der Waals surface area contributed by atoms with E-state index in [9.17, 15) is 19.5 Å². The van der Waals surface area contributed by atoms with E-state index in [1.54, 1.807) is 0 Å². The summed E-state index contributed by atoms with van der Waals surface area (Å²) in [5.41, 5.74) is 0.486. The highest BCUT2D eigenvalue weighted by Crippen LogP contribution is 2.35. The maximum Gasteiger partial charge on any atom is 0.263 e. The molecule has 1 fully saturated rings. The van der Waals surface area contributed by atoms with Crippen molar-refractivity contribution in [3.05, 3.63) is 48.5 Å². The first-order valence-corrected chi connectivity index (χ1v) is 8.99. The van der Waals surface area contributed by atoms with E-state index >= 15 is 0 Å². The Kier molecular flexibility index (Phi) is 5.40. The molecule has 2 amide bonds. The summed E-state index contributed by atoms with van der Waals surface area (Å²) in [4.78, 5) is 40.8. The number of H-pyrrole nitrogens is 2. The minimum absolute atomic E-state index is 0.00240. The molecule has 5 N–H and O–H groups in total. The van der Waals surface area contributed by atoms with Crippen molar-refractivity contribution in [1.29, 1.82) is 0 Å². The van der Waals surface area contributed by atoms with Crippen molar-refractivity contribution in [2.24, 2.45) is 0 Å². The van der Waals surface area contributed by atoms with Gasteiger partial charge in [-0.2, -0.15) is 0 Å². The van der Waals surface area contributed by atoms with Crippen molar-refractivity contribution >= 4 is 59.0 Å². The number of hydrogen-bond acceptors (Lipinski definition) is 6. The van der Waals surface area contributed by atoms with Crippen molar-refractivity contribution in [1.82, 2.24) is 20.6 Å². The lowest BCUT2D eigenvalue weighted by Crippen LogP contribution is -2.51. The predicted octanol–water partition coefficient (Wildman–Crippen LogP) is 1.66. The van der Waals surface area contributed by atoms with Crippen LogP contribution in [-0.2, 0) is 9.59 Å². The van der Waals surface area contributed by atoms with Gasteiger partial charge in [-0.1, -0.05) is 11.6 Å². The Morgan fingerprint density at radius 3 is 2.30 bits per heavy atom. The van der Waals surface area contributed by atoms with Gasteiger partial charge < -0.3 is 10.1 Å². The molecule has 140 valence electrons. The summed E-state index contributed by atoms with van der Waals surface area (Å²) >= 11 is 16.0. The third-order valence-electron chi connectivity index (χ3n) is 4.00. The Labute approximate surface area is 168 Å². The third kappa shape index (κ3) is 4.07. The van der Waals surface area contributed by atoms with Gasteiger partial charge in [0.1, 0.15) is 11.1 Å². The van der Waals surface area contributed by atoms with Gasteiger partial charge in [0.15, 0.2) is 9.88 Å². The van der Waals surface area contributed by atoms with E-state index in [4.69, 9.17) is 36.0 Å². The first-order chi connectivity index (χ1) is 12.8. The van der Waals surface area contributed by atoms with Crippen LogP contribution in [0.2, 0.25) is 0 Å². The van der Waals surface area contributed by atoms with Crippen molar-refractivity contribution in [2.75, 3.05) is 0 Å². The number of rotatable bonds is 2. The molecule has 3 rings (SSSR count). The minimum Gasteiger partial charge on any atom is -0.494 e. The molecule has 0 unspecified atom stereocenters. The number of aromatic nitrogens is 2. The zero-order valence-electron chi connectivity index (χ0n) is 13.6. The van der Waals surface area contributed by atoms with Crippen LogP contribution in [0.4, 0.5) is 0 Å². The van der Waals surface area contributed by atoms with E-state index in [-0.39, 0.29) is 26.9 Å². The summed E-state index contributed by atoms with van der Waals surface area (Å²) in [7, 11) is 0. The normalized spacial score (nSPS) is 19.2. The zero-order valence-corrected chi connectivity index (χ0v) is 16.0. The molecular formula is C16H13ClN4O4S2. The number of carbonyl (C=O) groups is 2. The van der Waals surface area contributed by atoms with Crippen LogP contribution in [0.15, 0.2) is 32.6 Å². The zero-order chi connectivity index (χ0) is 19.7. The van der Waals surface area contributed by atoms with Gasteiger partial charge in [0.2, 0.25) is 5.88 Å². The molecule has 1 aliphatic heterocycles. The lowest BCUT2D eigenvalue weighted by Gasteiger charge is -2.20. The highest BCUT2D eigenvalue weighted by Gasteiger charge is 2.27. The molecule has 1 saturated heterocycles. The molecule has 0 aromatic carbocycles. The smallest absolute Gasteiger partial charge is 0.263 e. The molecule has 2 aliphatic rings. The van der Waals surface area contributed by atoms with Gasteiger partial charge in [0.25, 0.3) is 17.4 Å². The Morgan fingerprint density at radius 2 is 1.67 bits per heavy atom. The predicted molar refractivity (Wildman–Crippen MR) is 106 cm³/mol. The molecule has 2 heterocycles. The standard InChI is InChI=1S/C16H13ClN4O4S2/c17-10-6(4-8-11(22)18-15(26)19-12(8)23)2-1-3-7(10)5-9-13(24)20-16(27)21-14(9)25/h4-5H,1-3H2,(H2,18,19,22,23,26)(H3,20,21,24,25,27). The number of nitrogens with one attached hydrogen (secondary N) is 4. The van der Waals surface area contributed by atoms with Crippen LogP contribution < -0.4 is 16.2 Å². The molecule has 11 heteroatoms. The SMILES string of the molecule is O=C1NC(=S)NC(=O)C1=CC1=C(Cl)C(=Cc2c(O)[nH]c(=S)[nH]c2=O)CCC1. The van der Waals surface area contributed by atoms with E-state index in [0.717, 1.165) is 0 Å². The lowest BCUT2D eigenvalue weighted by molar-refractivity contribution is -0.123. The Bertz CT molecular complexity index is 1060. The van der Waals surface area contributed by atoms with Gasteiger partial charge in [0.05, 0.1) is 0 Å². The fourth-order valence-corrected chi connectivity index (χ4v) is 3.41. The number of halogens is 1. The highest BCUT2D eigenvalue weighted by molar-refractivity contribution is 7.80. The van der Waals surface area contributed by atoms with Crippen LogP contribution >= 0.6 is 36.0 Å². The fraction of sp³-hybridized carbons (Fsp3) is 0.188. The van der Waals surface area contributed by atoms with E-state index < -0.39 is 17.4 Å². The molecule has 0 spiro atoms. The second kappa shape index (κ2) is 7.59. The van der Waals surface area contributed by atoms with Crippen LogP contribution in [0.5, 0.6) is 5.88 Å². The maximum absolute atomic E-state index is 12.0. The molecule has 0 radical (unpaired) electrons. The fourth-order valence-electron chi connectivity index (χ4n) is 2.74. The van der Waals surface area contributed by atoms with E-state index in [2.05, 4.69) is 20.6 Å². The Morgan fingerprint density at radius 1 is 1.00 bits per heavy atom. The second-order valence-electron chi connectivity index (χ2n) is 5.83. The number of aromatic hydroxyl groups is 1. The second-order valence-corrected chi connectivity index (χ2v) is 7.02. The Hall–Kier alpha value is -2.56. The third-order valence-corrected chi connectivity index (χ3v) is 4.89. The van der Waals surface area contributed by atoms with E-state index in [1.165, 1.54) is 12.2 Å². The molecule has 0 saturated carbocycles. The summed E-state index contributed by atoms with van der Waals surface area (Å²) in [5.74, 6) is -1.59. The van der Waals surface area contributed by atoms with Gasteiger partial charge in [-0.3, -0.25) is 30.0 Å². The van der Waals surface area contributed by atoms with Crippen LogP contribution in [-0.4, -0.2) is 32.0 Å². The number of aromatic amines is 2. The van der Waals surface area contributed by atoms with Gasteiger partial charge >= 0.3 is 0 Å². The van der Waals surface area contributed by atoms with Crippen molar-refractivity contribution in [3.63, 3.8) is 0 Å². The molecule has 1 aliphatic carbocycles. The molecule has 1 aromatic rings. The molecule has 1 aromatic heterocycles. The average Bonchev–Trinajstić information content (AvgIpc) is 2.56. The quantitative estimate of drug-likeness (QED) is 0.279. The van der Waals surface area contributed by atoms with Gasteiger partial charge in [-0.25, -0.2) is 0 Å². The largest absolute Gasteiger partial charge is 0.494 e. The summed E-state index contributed by atoms with van der Waals surface area (Å²) in [6.45, 7) is 0. The van der Waals surface area contributed by atoms with Crippen molar-refractivity contribution in [3.8, 4) is 5.88 Å². The van der Waals surface area contributed by atoms with Crippen molar-refractivity contribution in [2.45, 2.75) is 19.3 Å². The Balaban J connectivity index is 2.04. The molecule has 0 atom stereocenters. The monoisotopic (exact) mass is 424 g/mol.